The largest absolute Gasteiger partial charge is 0.378 e. The Hall–Kier alpha value is -2.72. The number of hydrogen-bond donors (Lipinski definition) is 2. The number of morpholine rings is 1. The molecule has 0 aromatic carbocycles. The molecule has 3 fully saturated rings. The summed E-state index contributed by atoms with van der Waals surface area (Å²) >= 11 is 1.43. The molecule has 1 atom stereocenters. The first-order valence-electron chi connectivity index (χ1n) is 12.7. The molecular weight excluding hydrogens is 464 g/mol. The SMILES string of the molecule is Cc1nc(NC(=O)NC2CCC2)sc1-c1cc2c(c(N3CCOCC3)n1)C(=O)N([C@@H](C)C1CC1)C2. The summed E-state index contributed by atoms with van der Waals surface area (Å²) in [7, 11) is 0. The van der Waals surface area contributed by atoms with Gasteiger partial charge in [0.1, 0.15) is 5.82 Å². The van der Waals surface area contributed by atoms with Crippen LogP contribution in [-0.4, -0.2) is 65.2 Å². The normalized spacial score (nSPS) is 21.0. The number of aromatic nitrogens is 2. The number of nitrogens with one attached hydrogen (secondary N) is 2. The van der Waals surface area contributed by atoms with Gasteiger partial charge < -0.3 is 19.9 Å². The highest BCUT2D eigenvalue weighted by Crippen LogP contribution is 2.42. The number of pyridine rings is 1. The number of nitrogens with zero attached hydrogens (tertiary/aromatic N) is 4. The van der Waals surface area contributed by atoms with Gasteiger partial charge in [-0.3, -0.25) is 10.1 Å². The van der Waals surface area contributed by atoms with E-state index in [1.165, 1.54) is 30.6 Å². The molecule has 2 N–H and O–H groups in total. The molecule has 6 rings (SSSR count). The van der Waals surface area contributed by atoms with Gasteiger partial charge in [0.2, 0.25) is 0 Å². The minimum atomic E-state index is -0.207. The Morgan fingerprint density at radius 2 is 1.97 bits per heavy atom. The first-order valence-corrected chi connectivity index (χ1v) is 13.5. The summed E-state index contributed by atoms with van der Waals surface area (Å²) in [5.74, 6) is 1.45. The van der Waals surface area contributed by atoms with Crippen LogP contribution < -0.4 is 15.5 Å². The van der Waals surface area contributed by atoms with Crippen LogP contribution in [-0.2, 0) is 11.3 Å². The van der Waals surface area contributed by atoms with Crippen molar-refractivity contribution < 1.29 is 14.3 Å². The van der Waals surface area contributed by atoms with Crippen molar-refractivity contribution in [3.63, 3.8) is 0 Å². The molecule has 186 valence electrons. The number of ether oxygens (including phenoxy) is 1. The third-order valence-corrected chi connectivity index (χ3v) is 8.79. The maximum Gasteiger partial charge on any atom is 0.321 e. The summed E-state index contributed by atoms with van der Waals surface area (Å²) < 4.78 is 5.56. The van der Waals surface area contributed by atoms with Crippen LogP contribution in [0.3, 0.4) is 0 Å². The molecule has 4 aliphatic rings. The van der Waals surface area contributed by atoms with E-state index in [1.807, 2.05) is 11.8 Å². The fourth-order valence-corrected chi connectivity index (χ4v) is 6.10. The molecule has 0 radical (unpaired) electrons. The Balaban J connectivity index is 1.32. The lowest BCUT2D eigenvalue weighted by Gasteiger charge is -2.29. The van der Waals surface area contributed by atoms with Crippen LogP contribution in [0.5, 0.6) is 0 Å². The maximum absolute atomic E-state index is 13.6. The number of aryl methyl sites for hydroxylation is 1. The fraction of sp³-hybridized carbons (Fsp3) is 0.600. The lowest BCUT2D eigenvalue weighted by molar-refractivity contribution is 0.0697. The summed E-state index contributed by atoms with van der Waals surface area (Å²) in [4.78, 5) is 40.7. The summed E-state index contributed by atoms with van der Waals surface area (Å²) in [6.45, 7) is 7.41. The van der Waals surface area contributed by atoms with E-state index >= 15 is 0 Å². The van der Waals surface area contributed by atoms with Crippen molar-refractivity contribution >= 4 is 34.2 Å². The van der Waals surface area contributed by atoms with E-state index in [0.717, 1.165) is 46.1 Å². The lowest BCUT2D eigenvalue weighted by atomic mass is 9.93. The second-order valence-electron chi connectivity index (χ2n) is 10.1. The first kappa shape index (κ1) is 22.7. The second-order valence-corrected chi connectivity index (χ2v) is 11.1. The van der Waals surface area contributed by atoms with Crippen LogP contribution in [0.25, 0.3) is 10.6 Å². The van der Waals surface area contributed by atoms with E-state index in [1.54, 1.807) is 0 Å². The highest BCUT2D eigenvalue weighted by molar-refractivity contribution is 7.19. The number of urea groups is 1. The smallest absolute Gasteiger partial charge is 0.321 e. The molecule has 2 aromatic heterocycles. The number of anilines is 2. The minimum Gasteiger partial charge on any atom is -0.378 e. The van der Waals surface area contributed by atoms with E-state index in [0.29, 0.717) is 43.9 Å². The van der Waals surface area contributed by atoms with E-state index in [9.17, 15) is 9.59 Å². The number of thiazole rings is 1. The first-order chi connectivity index (χ1) is 17.0. The van der Waals surface area contributed by atoms with Crippen LogP contribution in [0.15, 0.2) is 6.07 Å². The van der Waals surface area contributed by atoms with Crippen LogP contribution >= 0.6 is 11.3 Å². The van der Waals surface area contributed by atoms with Crippen molar-refractivity contribution in [2.24, 2.45) is 5.92 Å². The van der Waals surface area contributed by atoms with Gasteiger partial charge in [-0.2, -0.15) is 0 Å². The van der Waals surface area contributed by atoms with Crippen LogP contribution in [0.1, 0.15) is 60.6 Å². The van der Waals surface area contributed by atoms with Gasteiger partial charge in [-0.25, -0.2) is 14.8 Å². The van der Waals surface area contributed by atoms with E-state index in [-0.39, 0.29) is 24.0 Å². The highest BCUT2D eigenvalue weighted by Gasteiger charge is 2.41. The van der Waals surface area contributed by atoms with Gasteiger partial charge >= 0.3 is 6.03 Å². The average Bonchev–Trinajstić information content (AvgIpc) is 3.54. The molecule has 2 aliphatic heterocycles. The number of hydrogen-bond acceptors (Lipinski definition) is 7. The number of carbonyl (C=O) groups excluding carboxylic acids is 2. The Bertz CT molecular complexity index is 1150. The standard InChI is InChI=1S/C25H32N6O3S/c1-14-21(35-25(26-14)29-24(33)27-18-4-3-5-18)19-12-17-13-31(15(2)16-6-7-16)23(32)20(17)22(28-19)30-8-10-34-11-9-30/h12,15-16,18H,3-11,13H2,1-2H3,(H2,26,27,29,33)/t15-/m0/s1. The summed E-state index contributed by atoms with van der Waals surface area (Å²) in [5.41, 5.74) is 3.39. The zero-order valence-corrected chi connectivity index (χ0v) is 21.1. The van der Waals surface area contributed by atoms with Crippen molar-refractivity contribution in [2.75, 3.05) is 36.5 Å². The zero-order valence-electron chi connectivity index (χ0n) is 20.3. The van der Waals surface area contributed by atoms with Crippen LogP contribution in [0.4, 0.5) is 15.7 Å². The van der Waals surface area contributed by atoms with Gasteiger partial charge in [0.25, 0.3) is 5.91 Å². The Kier molecular flexibility index (Phi) is 5.88. The Morgan fingerprint density at radius 1 is 1.20 bits per heavy atom. The quantitative estimate of drug-likeness (QED) is 0.632. The summed E-state index contributed by atoms with van der Waals surface area (Å²) in [5, 5.41) is 6.44. The summed E-state index contributed by atoms with van der Waals surface area (Å²) in [6.07, 6.45) is 5.64. The lowest BCUT2D eigenvalue weighted by Crippen LogP contribution is -2.41. The maximum atomic E-state index is 13.6. The molecule has 2 saturated carbocycles. The number of amides is 3. The summed E-state index contributed by atoms with van der Waals surface area (Å²) in [6, 6.07) is 2.35. The van der Waals surface area contributed by atoms with Gasteiger partial charge in [0, 0.05) is 31.7 Å². The van der Waals surface area contributed by atoms with E-state index in [2.05, 4.69) is 33.5 Å². The molecule has 0 bridgehead atoms. The van der Waals surface area contributed by atoms with Gasteiger partial charge in [0.05, 0.1) is 35.0 Å². The molecule has 10 heteroatoms. The van der Waals surface area contributed by atoms with Crippen molar-refractivity contribution in [1.82, 2.24) is 20.2 Å². The van der Waals surface area contributed by atoms with Crippen molar-refractivity contribution in [3.8, 4) is 10.6 Å². The molecule has 0 unspecified atom stereocenters. The topological polar surface area (TPSA) is 99.7 Å². The molecule has 1 saturated heterocycles. The third-order valence-electron chi connectivity index (χ3n) is 7.69. The minimum absolute atomic E-state index is 0.0935. The van der Waals surface area contributed by atoms with Gasteiger partial charge in [-0.05, 0) is 63.5 Å². The van der Waals surface area contributed by atoms with Crippen molar-refractivity contribution in [3.05, 3.63) is 22.9 Å². The predicted molar refractivity (Wildman–Crippen MR) is 135 cm³/mol. The van der Waals surface area contributed by atoms with Gasteiger partial charge in [-0.15, -0.1) is 0 Å². The fourth-order valence-electron chi connectivity index (χ4n) is 5.18. The highest BCUT2D eigenvalue weighted by atomic mass is 32.1. The van der Waals surface area contributed by atoms with Crippen molar-refractivity contribution in [2.45, 2.75) is 64.6 Å². The second kappa shape index (κ2) is 9.05. The molecule has 9 nitrogen and oxygen atoms in total. The number of rotatable bonds is 6. The third kappa shape index (κ3) is 4.38. The monoisotopic (exact) mass is 496 g/mol. The van der Waals surface area contributed by atoms with Crippen molar-refractivity contribution in [1.29, 1.82) is 0 Å². The van der Waals surface area contributed by atoms with Crippen LogP contribution in [0.2, 0.25) is 0 Å². The predicted octanol–water partition coefficient (Wildman–Crippen LogP) is 3.78. The Labute approximate surface area is 209 Å². The van der Waals surface area contributed by atoms with Crippen LogP contribution in [0, 0.1) is 12.8 Å². The molecule has 2 aromatic rings. The molecule has 35 heavy (non-hydrogen) atoms. The Morgan fingerprint density at radius 3 is 2.66 bits per heavy atom. The van der Waals surface area contributed by atoms with E-state index in [4.69, 9.17) is 9.72 Å². The molecule has 4 heterocycles. The molecular formula is C25H32N6O3S. The molecule has 0 spiro atoms. The number of carbonyl (C=O) groups is 2. The van der Waals surface area contributed by atoms with Gasteiger partial charge in [-0.1, -0.05) is 11.3 Å². The molecule has 2 aliphatic carbocycles. The number of fused-ring (bicyclic) bond motifs is 1. The molecule has 3 amide bonds. The van der Waals surface area contributed by atoms with Gasteiger partial charge in [0.15, 0.2) is 5.13 Å². The average molecular weight is 497 g/mol. The van der Waals surface area contributed by atoms with E-state index < -0.39 is 0 Å². The zero-order chi connectivity index (χ0) is 24.1.